The summed E-state index contributed by atoms with van der Waals surface area (Å²) in [7, 11) is 1.90. The number of nitrogens with zero attached hydrogens (tertiary/aromatic N) is 4. The Morgan fingerprint density at radius 2 is 2.08 bits per heavy atom. The smallest absolute Gasteiger partial charge is 0.193 e. The van der Waals surface area contributed by atoms with Crippen LogP contribution < -0.4 is 10.2 Å². The summed E-state index contributed by atoms with van der Waals surface area (Å²) in [5.41, 5.74) is 1.20. The third-order valence-corrected chi connectivity index (χ3v) is 6.98. The fourth-order valence-electron chi connectivity index (χ4n) is 4.42. The number of anilines is 1. The monoisotopic (exact) mass is 377 g/mol. The molecule has 0 aromatic carbocycles. The Hall–Kier alpha value is -1.30. The fraction of sp³-hybridized carbons (Fsp3) is 0.800. The molecule has 1 N–H and O–H groups in total. The SMILES string of the molecule is CCC(CC)C1CCN(C(=NC)NCCc2csc(N3CCCC3)n2)C1. The molecule has 0 saturated carbocycles. The molecule has 0 aliphatic carbocycles. The number of aliphatic imine (C=N–C) groups is 1. The molecule has 146 valence electrons. The van der Waals surface area contributed by atoms with E-state index in [1.54, 1.807) is 11.3 Å². The van der Waals surface area contributed by atoms with E-state index in [0.717, 1.165) is 43.9 Å². The van der Waals surface area contributed by atoms with E-state index < -0.39 is 0 Å². The van der Waals surface area contributed by atoms with Gasteiger partial charge in [0.15, 0.2) is 11.1 Å². The zero-order valence-electron chi connectivity index (χ0n) is 16.7. The van der Waals surface area contributed by atoms with Crippen LogP contribution >= 0.6 is 11.3 Å². The molecule has 0 bridgehead atoms. The third-order valence-electron chi connectivity index (χ3n) is 6.03. The molecule has 2 aliphatic rings. The van der Waals surface area contributed by atoms with Crippen molar-refractivity contribution >= 4 is 22.4 Å². The van der Waals surface area contributed by atoms with Gasteiger partial charge in [-0.15, -0.1) is 11.3 Å². The van der Waals surface area contributed by atoms with Gasteiger partial charge in [0.05, 0.1) is 5.69 Å². The van der Waals surface area contributed by atoms with Crippen LogP contribution in [0.1, 0.15) is 51.6 Å². The molecule has 2 fully saturated rings. The molecule has 1 atom stereocenters. The lowest BCUT2D eigenvalue weighted by molar-refractivity contribution is 0.319. The average Bonchev–Trinajstić information content (AvgIpc) is 3.40. The van der Waals surface area contributed by atoms with Crippen molar-refractivity contribution in [2.45, 2.75) is 52.4 Å². The number of guanidine groups is 1. The average molecular weight is 378 g/mol. The zero-order chi connectivity index (χ0) is 18.4. The lowest BCUT2D eigenvalue weighted by Gasteiger charge is -2.24. The van der Waals surface area contributed by atoms with Gasteiger partial charge in [-0.1, -0.05) is 26.7 Å². The van der Waals surface area contributed by atoms with Crippen molar-refractivity contribution in [2.24, 2.45) is 16.8 Å². The molecule has 1 unspecified atom stereocenters. The summed E-state index contributed by atoms with van der Waals surface area (Å²) in [5.74, 6) is 2.75. The predicted octanol–water partition coefficient (Wildman–Crippen LogP) is 3.62. The second-order valence-corrected chi connectivity index (χ2v) is 8.45. The van der Waals surface area contributed by atoms with E-state index in [9.17, 15) is 0 Å². The van der Waals surface area contributed by atoms with Gasteiger partial charge in [-0.25, -0.2) is 4.98 Å². The van der Waals surface area contributed by atoms with E-state index in [2.05, 4.69) is 39.3 Å². The summed E-state index contributed by atoms with van der Waals surface area (Å²) < 4.78 is 0. The van der Waals surface area contributed by atoms with E-state index in [-0.39, 0.29) is 0 Å². The normalized spacial score (nSPS) is 21.2. The fourth-order valence-corrected chi connectivity index (χ4v) is 5.33. The summed E-state index contributed by atoms with van der Waals surface area (Å²) >= 11 is 1.79. The van der Waals surface area contributed by atoms with Crippen molar-refractivity contribution in [2.75, 3.05) is 44.7 Å². The van der Waals surface area contributed by atoms with Gasteiger partial charge in [0.2, 0.25) is 0 Å². The Kier molecular flexibility index (Phi) is 7.17. The van der Waals surface area contributed by atoms with Crippen LogP contribution in [0.15, 0.2) is 10.4 Å². The van der Waals surface area contributed by atoms with Gasteiger partial charge in [0.25, 0.3) is 0 Å². The number of thiazole rings is 1. The van der Waals surface area contributed by atoms with Gasteiger partial charge in [0.1, 0.15) is 0 Å². The number of likely N-dealkylation sites (tertiary alicyclic amines) is 1. The highest BCUT2D eigenvalue weighted by molar-refractivity contribution is 7.13. The number of hydrogen-bond acceptors (Lipinski definition) is 4. The Morgan fingerprint density at radius 3 is 2.77 bits per heavy atom. The van der Waals surface area contributed by atoms with Gasteiger partial charge < -0.3 is 15.1 Å². The Labute approximate surface area is 162 Å². The van der Waals surface area contributed by atoms with E-state index in [1.807, 2.05) is 7.05 Å². The molecule has 5 nitrogen and oxygen atoms in total. The standard InChI is InChI=1S/C20H35N5S/c1-4-16(5-2)17-9-13-25(14-17)19(21-3)22-10-8-18-15-26-20(23-18)24-11-6-7-12-24/h15-17H,4-14H2,1-3H3,(H,21,22). The number of nitrogens with one attached hydrogen (secondary N) is 1. The molecule has 0 radical (unpaired) electrons. The summed E-state index contributed by atoms with van der Waals surface area (Å²) in [5, 5.41) is 6.98. The van der Waals surface area contributed by atoms with Crippen LogP contribution in [0.3, 0.4) is 0 Å². The van der Waals surface area contributed by atoms with E-state index in [4.69, 9.17) is 4.98 Å². The first-order valence-electron chi connectivity index (χ1n) is 10.4. The zero-order valence-corrected chi connectivity index (χ0v) is 17.5. The van der Waals surface area contributed by atoms with Crippen molar-refractivity contribution in [3.63, 3.8) is 0 Å². The van der Waals surface area contributed by atoms with Crippen molar-refractivity contribution < 1.29 is 0 Å². The van der Waals surface area contributed by atoms with Crippen LogP contribution in [0.4, 0.5) is 5.13 Å². The van der Waals surface area contributed by atoms with Crippen LogP contribution in [0.5, 0.6) is 0 Å². The highest BCUT2D eigenvalue weighted by Gasteiger charge is 2.29. The molecule has 3 heterocycles. The largest absolute Gasteiger partial charge is 0.356 e. The maximum atomic E-state index is 4.82. The molecule has 6 heteroatoms. The lowest BCUT2D eigenvalue weighted by atomic mass is 9.87. The van der Waals surface area contributed by atoms with E-state index in [0.29, 0.717) is 0 Å². The summed E-state index contributed by atoms with van der Waals surface area (Å²) in [6.45, 7) is 10.2. The minimum atomic E-state index is 0.824. The van der Waals surface area contributed by atoms with Crippen LogP contribution in [0.2, 0.25) is 0 Å². The van der Waals surface area contributed by atoms with Gasteiger partial charge in [-0.05, 0) is 31.1 Å². The van der Waals surface area contributed by atoms with Crippen LogP contribution in [0, 0.1) is 11.8 Å². The van der Waals surface area contributed by atoms with Gasteiger partial charge in [-0.3, -0.25) is 4.99 Å². The van der Waals surface area contributed by atoms with E-state index >= 15 is 0 Å². The molecule has 26 heavy (non-hydrogen) atoms. The first-order chi connectivity index (χ1) is 12.7. The first-order valence-corrected chi connectivity index (χ1v) is 11.3. The van der Waals surface area contributed by atoms with Crippen molar-refractivity contribution in [3.8, 4) is 0 Å². The molecule has 1 aromatic rings. The maximum Gasteiger partial charge on any atom is 0.193 e. The first kappa shape index (κ1) is 19.5. The number of rotatable bonds is 7. The molecular formula is C20H35N5S. The Balaban J connectivity index is 1.45. The number of aromatic nitrogens is 1. The van der Waals surface area contributed by atoms with Crippen LogP contribution in [0.25, 0.3) is 0 Å². The molecule has 2 aliphatic heterocycles. The maximum absolute atomic E-state index is 4.82. The van der Waals surface area contributed by atoms with Crippen LogP contribution in [-0.2, 0) is 6.42 Å². The highest BCUT2D eigenvalue weighted by Crippen LogP contribution is 2.28. The molecule has 1 aromatic heterocycles. The van der Waals surface area contributed by atoms with Gasteiger partial charge in [-0.2, -0.15) is 0 Å². The topological polar surface area (TPSA) is 43.8 Å². The molecule has 0 spiro atoms. The van der Waals surface area contributed by atoms with Crippen LogP contribution in [-0.4, -0.2) is 55.6 Å². The number of hydrogen-bond donors (Lipinski definition) is 1. The minimum Gasteiger partial charge on any atom is -0.356 e. The van der Waals surface area contributed by atoms with E-state index in [1.165, 1.54) is 56.0 Å². The Morgan fingerprint density at radius 1 is 1.31 bits per heavy atom. The third kappa shape index (κ3) is 4.70. The highest BCUT2D eigenvalue weighted by atomic mass is 32.1. The van der Waals surface area contributed by atoms with Gasteiger partial charge >= 0.3 is 0 Å². The molecule has 0 amide bonds. The quantitative estimate of drug-likeness (QED) is 0.582. The molecular weight excluding hydrogens is 342 g/mol. The summed E-state index contributed by atoms with van der Waals surface area (Å²) in [6.07, 6.45) is 7.47. The second kappa shape index (κ2) is 9.58. The minimum absolute atomic E-state index is 0.824. The van der Waals surface area contributed by atoms with Crippen molar-refractivity contribution in [3.05, 3.63) is 11.1 Å². The molecule has 2 saturated heterocycles. The summed E-state index contributed by atoms with van der Waals surface area (Å²) in [6, 6.07) is 0. The lowest BCUT2D eigenvalue weighted by Crippen LogP contribution is -2.41. The second-order valence-electron chi connectivity index (χ2n) is 7.61. The predicted molar refractivity (Wildman–Crippen MR) is 112 cm³/mol. The van der Waals surface area contributed by atoms with Crippen molar-refractivity contribution in [1.82, 2.24) is 15.2 Å². The Bertz CT molecular complexity index is 575. The van der Waals surface area contributed by atoms with Crippen molar-refractivity contribution in [1.29, 1.82) is 0 Å². The molecule has 3 rings (SSSR count). The summed E-state index contributed by atoms with van der Waals surface area (Å²) in [4.78, 5) is 14.2. The van der Waals surface area contributed by atoms with Gasteiger partial charge in [0, 0.05) is 51.6 Å².